The van der Waals surface area contributed by atoms with Gasteiger partial charge in [0, 0.05) is 41.7 Å². The number of ketones is 2. The number of hydrogen-bond donors (Lipinski definition) is 1. The average Bonchev–Trinajstić information content (AvgIpc) is 2.67. The Morgan fingerprint density at radius 1 is 0.846 bits per heavy atom. The number of halogens is 1. The molecule has 0 atom stereocenters. The number of nitrogens with one attached hydrogen (secondary N) is 1. The van der Waals surface area contributed by atoms with Crippen LogP contribution in [0.15, 0.2) is 60.8 Å². The molecule has 0 radical (unpaired) electrons. The van der Waals surface area contributed by atoms with E-state index in [1.165, 1.54) is 0 Å². The number of benzene rings is 2. The number of pyridine rings is 1. The van der Waals surface area contributed by atoms with Gasteiger partial charge in [0.15, 0.2) is 11.6 Å². The Bertz CT molecular complexity index is 1020. The zero-order valence-electron chi connectivity index (χ0n) is 13.8. The molecule has 1 aromatic heterocycles. The maximum atomic E-state index is 13.0. The monoisotopic (exact) mass is 362 g/mol. The number of fused-ring (bicyclic) bond motifs is 2. The van der Waals surface area contributed by atoms with E-state index in [0.717, 1.165) is 12.1 Å². The summed E-state index contributed by atoms with van der Waals surface area (Å²) in [6.45, 7) is 0.608. The molecular formula is C21H15ClN2O2. The van der Waals surface area contributed by atoms with Gasteiger partial charge < -0.3 is 5.32 Å². The van der Waals surface area contributed by atoms with Crippen LogP contribution in [0.25, 0.3) is 0 Å². The Hall–Kier alpha value is -2.98. The number of carbonyl (C=O) groups excluding carboxylic acids is 2. The lowest BCUT2D eigenvalue weighted by Crippen LogP contribution is -2.23. The number of anilines is 1. The van der Waals surface area contributed by atoms with Crippen molar-refractivity contribution in [2.24, 2.45) is 0 Å². The van der Waals surface area contributed by atoms with Gasteiger partial charge >= 0.3 is 0 Å². The van der Waals surface area contributed by atoms with Crippen LogP contribution in [-0.4, -0.2) is 23.1 Å². The molecule has 0 amide bonds. The summed E-state index contributed by atoms with van der Waals surface area (Å²) >= 11 is 6.16. The fraction of sp³-hybridized carbons (Fsp3) is 0.0952. The molecule has 1 heterocycles. The molecule has 5 heteroatoms. The Balaban J connectivity index is 1.66. The number of aromatic nitrogens is 1. The molecule has 26 heavy (non-hydrogen) atoms. The van der Waals surface area contributed by atoms with Crippen molar-refractivity contribution < 1.29 is 9.59 Å². The van der Waals surface area contributed by atoms with Crippen molar-refractivity contribution in [2.75, 3.05) is 11.9 Å². The molecule has 0 unspecified atom stereocenters. The van der Waals surface area contributed by atoms with Gasteiger partial charge in [-0.05, 0) is 24.3 Å². The first-order valence-electron chi connectivity index (χ1n) is 8.31. The Labute approximate surface area is 155 Å². The average molecular weight is 363 g/mol. The van der Waals surface area contributed by atoms with E-state index in [-0.39, 0.29) is 17.1 Å². The Morgan fingerprint density at radius 2 is 1.58 bits per heavy atom. The highest BCUT2D eigenvalue weighted by Crippen LogP contribution is 2.34. The molecule has 1 N–H and O–H groups in total. The predicted octanol–water partition coefficient (Wildman–Crippen LogP) is 4.17. The van der Waals surface area contributed by atoms with Crippen LogP contribution in [0.5, 0.6) is 0 Å². The van der Waals surface area contributed by atoms with E-state index >= 15 is 0 Å². The second-order valence-corrected chi connectivity index (χ2v) is 6.45. The third-order valence-corrected chi connectivity index (χ3v) is 4.76. The molecule has 0 saturated carbocycles. The molecule has 0 aliphatic heterocycles. The van der Waals surface area contributed by atoms with Gasteiger partial charge in [0.2, 0.25) is 0 Å². The van der Waals surface area contributed by atoms with Crippen molar-refractivity contribution in [3.63, 3.8) is 0 Å². The minimum absolute atomic E-state index is 0.182. The molecular weight excluding hydrogens is 348 g/mol. The molecule has 0 bridgehead atoms. The first-order valence-corrected chi connectivity index (χ1v) is 8.69. The smallest absolute Gasteiger partial charge is 0.196 e. The van der Waals surface area contributed by atoms with E-state index in [9.17, 15) is 9.59 Å². The summed E-state index contributed by atoms with van der Waals surface area (Å²) in [5.41, 5.74) is 3.06. The largest absolute Gasteiger partial charge is 0.384 e. The van der Waals surface area contributed by atoms with Gasteiger partial charge in [0.1, 0.15) is 0 Å². The van der Waals surface area contributed by atoms with Crippen LogP contribution >= 0.6 is 11.6 Å². The lowest BCUT2D eigenvalue weighted by molar-refractivity contribution is 0.0979. The Morgan fingerprint density at radius 3 is 2.35 bits per heavy atom. The maximum Gasteiger partial charge on any atom is 0.196 e. The van der Waals surface area contributed by atoms with Crippen LogP contribution in [-0.2, 0) is 6.42 Å². The van der Waals surface area contributed by atoms with Crippen LogP contribution in [0, 0.1) is 0 Å². The molecule has 0 saturated heterocycles. The van der Waals surface area contributed by atoms with Crippen molar-refractivity contribution in [3.05, 3.63) is 93.8 Å². The summed E-state index contributed by atoms with van der Waals surface area (Å²) in [5.74, 6) is -0.397. The van der Waals surface area contributed by atoms with Gasteiger partial charge in [-0.1, -0.05) is 41.9 Å². The fourth-order valence-corrected chi connectivity index (χ4v) is 3.48. The minimum atomic E-state index is -0.214. The fourth-order valence-electron chi connectivity index (χ4n) is 3.22. The molecule has 1 aliphatic rings. The van der Waals surface area contributed by atoms with Gasteiger partial charge in [0.05, 0.1) is 16.1 Å². The molecule has 128 valence electrons. The van der Waals surface area contributed by atoms with Crippen LogP contribution < -0.4 is 5.32 Å². The summed E-state index contributed by atoms with van der Waals surface area (Å²) in [6.07, 6.45) is 2.47. The lowest BCUT2D eigenvalue weighted by Gasteiger charge is -2.21. The number of hydrogen-bond acceptors (Lipinski definition) is 4. The summed E-state index contributed by atoms with van der Waals surface area (Å²) in [4.78, 5) is 30.1. The van der Waals surface area contributed by atoms with Crippen molar-refractivity contribution >= 4 is 28.9 Å². The maximum absolute atomic E-state index is 13.0. The van der Waals surface area contributed by atoms with Gasteiger partial charge in [-0.15, -0.1) is 0 Å². The highest BCUT2D eigenvalue weighted by Gasteiger charge is 2.32. The normalized spacial score (nSPS) is 12.5. The van der Waals surface area contributed by atoms with E-state index in [2.05, 4.69) is 10.3 Å². The second kappa shape index (κ2) is 6.73. The zero-order valence-corrected chi connectivity index (χ0v) is 14.6. The summed E-state index contributed by atoms with van der Waals surface area (Å²) in [5, 5.41) is 3.58. The quantitative estimate of drug-likeness (QED) is 0.592. The van der Waals surface area contributed by atoms with Crippen molar-refractivity contribution in [1.82, 2.24) is 4.98 Å². The first-order chi connectivity index (χ1) is 12.7. The van der Waals surface area contributed by atoms with Crippen molar-refractivity contribution in [1.29, 1.82) is 0 Å². The van der Waals surface area contributed by atoms with Gasteiger partial charge in [0.25, 0.3) is 0 Å². The second-order valence-electron chi connectivity index (χ2n) is 6.05. The SMILES string of the molecule is O=C1c2cccc(NCCc3ccccn3)c2C(=O)c2cccc(Cl)c21. The summed E-state index contributed by atoms with van der Waals surface area (Å²) in [7, 11) is 0. The van der Waals surface area contributed by atoms with Crippen LogP contribution in [0.4, 0.5) is 5.69 Å². The van der Waals surface area contributed by atoms with Gasteiger partial charge in [-0.3, -0.25) is 14.6 Å². The summed E-state index contributed by atoms with van der Waals surface area (Å²) < 4.78 is 0. The number of rotatable bonds is 4. The molecule has 4 rings (SSSR count). The van der Waals surface area contributed by atoms with E-state index in [1.807, 2.05) is 24.3 Å². The molecule has 1 aliphatic carbocycles. The molecule has 0 spiro atoms. The van der Waals surface area contributed by atoms with Gasteiger partial charge in [-0.2, -0.15) is 0 Å². The van der Waals surface area contributed by atoms with E-state index in [0.29, 0.717) is 33.9 Å². The highest BCUT2D eigenvalue weighted by atomic mass is 35.5. The lowest BCUT2D eigenvalue weighted by atomic mass is 9.83. The first kappa shape index (κ1) is 16.5. The van der Waals surface area contributed by atoms with Crippen molar-refractivity contribution in [3.8, 4) is 0 Å². The van der Waals surface area contributed by atoms with E-state index in [4.69, 9.17) is 11.6 Å². The van der Waals surface area contributed by atoms with E-state index < -0.39 is 0 Å². The summed E-state index contributed by atoms with van der Waals surface area (Å²) in [6, 6.07) is 16.0. The zero-order chi connectivity index (χ0) is 18.1. The standard InChI is InChI=1S/C21H15ClN2O2/c22-16-8-3-6-14-18(16)20(25)15-7-4-9-17(19(15)21(14)26)24-12-10-13-5-1-2-11-23-13/h1-9,11,24H,10,12H2. The molecule has 3 aromatic rings. The third-order valence-electron chi connectivity index (χ3n) is 4.44. The Kier molecular flexibility index (Phi) is 4.27. The number of nitrogens with zero attached hydrogens (tertiary/aromatic N) is 1. The van der Waals surface area contributed by atoms with Crippen LogP contribution in [0.3, 0.4) is 0 Å². The predicted molar refractivity (Wildman–Crippen MR) is 101 cm³/mol. The highest BCUT2D eigenvalue weighted by molar-refractivity contribution is 6.39. The van der Waals surface area contributed by atoms with Crippen LogP contribution in [0.2, 0.25) is 5.02 Å². The van der Waals surface area contributed by atoms with Crippen molar-refractivity contribution in [2.45, 2.75) is 6.42 Å². The molecule has 4 nitrogen and oxygen atoms in total. The number of carbonyl (C=O) groups is 2. The third kappa shape index (κ3) is 2.78. The van der Waals surface area contributed by atoms with Gasteiger partial charge in [-0.25, -0.2) is 0 Å². The molecule has 0 fully saturated rings. The topological polar surface area (TPSA) is 59.1 Å². The van der Waals surface area contributed by atoms with Crippen LogP contribution in [0.1, 0.15) is 37.5 Å². The minimum Gasteiger partial charge on any atom is -0.384 e. The van der Waals surface area contributed by atoms with E-state index in [1.54, 1.807) is 36.5 Å². The molecule has 2 aromatic carbocycles.